The highest BCUT2D eigenvalue weighted by atomic mass is 79.9. The van der Waals surface area contributed by atoms with E-state index in [9.17, 15) is 0 Å². The fourth-order valence-electron chi connectivity index (χ4n) is 2.04. The van der Waals surface area contributed by atoms with Crippen LogP contribution in [0, 0.1) is 0 Å². The molecule has 0 spiro atoms. The quantitative estimate of drug-likeness (QED) is 0.824. The molecule has 1 fully saturated rings. The molecule has 0 N–H and O–H groups in total. The van der Waals surface area contributed by atoms with Crippen molar-refractivity contribution in [3.8, 4) is 0 Å². The Hall–Kier alpha value is -0.0100. The molecule has 1 unspecified atom stereocenters. The second kappa shape index (κ2) is 6.96. The number of aromatic nitrogens is 1. The van der Waals surface area contributed by atoms with E-state index in [2.05, 4.69) is 44.7 Å². The van der Waals surface area contributed by atoms with Crippen molar-refractivity contribution in [2.24, 2.45) is 0 Å². The Morgan fingerprint density at radius 2 is 2.28 bits per heavy atom. The molecular weight excluding hydrogens is 314 g/mol. The van der Waals surface area contributed by atoms with Gasteiger partial charge in [-0.25, -0.2) is 4.98 Å². The first kappa shape index (κ1) is 14.4. The molecule has 18 heavy (non-hydrogen) atoms. The van der Waals surface area contributed by atoms with E-state index in [0.717, 1.165) is 44.0 Å². The van der Waals surface area contributed by atoms with Gasteiger partial charge in [-0.05, 0) is 29.9 Å². The fraction of sp³-hybridized carbons (Fsp3) is 0.750. The van der Waals surface area contributed by atoms with Crippen molar-refractivity contribution >= 4 is 27.3 Å². The predicted octanol–water partition coefficient (Wildman–Crippen LogP) is 2.06. The summed E-state index contributed by atoms with van der Waals surface area (Å²) in [6.07, 6.45) is 0. The molecule has 1 saturated heterocycles. The van der Waals surface area contributed by atoms with E-state index in [1.54, 1.807) is 11.3 Å². The zero-order chi connectivity index (χ0) is 13.0. The monoisotopic (exact) mass is 333 g/mol. The smallest absolute Gasteiger partial charge is 0.121 e. The lowest BCUT2D eigenvalue weighted by atomic mass is 10.2. The van der Waals surface area contributed by atoms with Gasteiger partial charge in [0.2, 0.25) is 0 Å². The van der Waals surface area contributed by atoms with Crippen molar-refractivity contribution in [2.75, 3.05) is 39.9 Å². The highest BCUT2D eigenvalue weighted by molar-refractivity contribution is 9.10. The van der Waals surface area contributed by atoms with Gasteiger partial charge >= 0.3 is 0 Å². The summed E-state index contributed by atoms with van der Waals surface area (Å²) < 4.78 is 6.36. The predicted molar refractivity (Wildman–Crippen MR) is 78.0 cm³/mol. The van der Waals surface area contributed by atoms with Crippen LogP contribution in [0.15, 0.2) is 10.1 Å². The molecule has 4 nitrogen and oxygen atoms in total. The van der Waals surface area contributed by atoms with Crippen LogP contribution in [0.2, 0.25) is 0 Å². The van der Waals surface area contributed by atoms with Crippen LogP contribution in [0.25, 0.3) is 0 Å². The Balaban J connectivity index is 1.80. The van der Waals surface area contributed by atoms with E-state index in [4.69, 9.17) is 4.74 Å². The molecule has 0 radical (unpaired) electrons. The number of rotatable bonds is 5. The Morgan fingerprint density at radius 1 is 1.56 bits per heavy atom. The van der Waals surface area contributed by atoms with Gasteiger partial charge in [0.15, 0.2) is 0 Å². The van der Waals surface area contributed by atoms with Crippen LogP contribution in [0.3, 0.4) is 0 Å². The molecule has 102 valence electrons. The highest BCUT2D eigenvalue weighted by Gasteiger charge is 2.17. The minimum Gasteiger partial charge on any atom is -0.379 e. The number of hydrogen-bond acceptors (Lipinski definition) is 5. The van der Waals surface area contributed by atoms with Gasteiger partial charge in [-0.1, -0.05) is 0 Å². The first-order valence-corrected chi connectivity index (χ1v) is 7.92. The number of thiazole rings is 1. The number of likely N-dealkylation sites (N-methyl/N-ethyl adjacent to an activating group) is 1. The van der Waals surface area contributed by atoms with E-state index >= 15 is 0 Å². The lowest BCUT2D eigenvalue weighted by Crippen LogP contribution is -2.44. The van der Waals surface area contributed by atoms with Crippen LogP contribution in [-0.2, 0) is 11.3 Å². The molecule has 2 heterocycles. The third-order valence-electron chi connectivity index (χ3n) is 3.36. The van der Waals surface area contributed by atoms with Gasteiger partial charge in [-0.3, -0.25) is 9.80 Å². The Bertz CT molecular complexity index is 368. The molecule has 2 rings (SSSR count). The largest absolute Gasteiger partial charge is 0.379 e. The summed E-state index contributed by atoms with van der Waals surface area (Å²) in [7, 11) is 2.18. The molecular formula is C12H20BrN3OS. The number of hydrogen-bond donors (Lipinski definition) is 0. The second-order valence-electron chi connectivity index (χ2n) is 4.74. The summed E-state index contributed by atoms with van der Waals surface area (Å²) in [5, 5.41) is 0. The molecule has 1 aromatic rings. The minimum atomic E-state index is 0.539. The van der Waals surface area contributed by atoms with Gasteiger partial charge in [-0.2, -0.15) is 0 Å². The van der Waals surface area contributed by atoms with Crippen LogP contribution in [0.1, 0.15) is 11.8 Å². The standard InChI is InChI=1S/C12H20BrN3OS/c1-10(7-16-3-5-17-6-4-16)15(2)8-11-12(13)14-9-18-11/h9-10H,3-8H2,1-2H3. The van der Waals surface area contributed by atoms with Crippen molar-refractivity contribution < 1.29 is 4.74 Å². The molecule has 6 heteroatoms. The van der Waals surface area contributed by atoms with E-state index in [0.29, 0.717) is 6.04 Å². The van der Waals surface area contributed by atoms with E-state index in [-0.39, 0.29) is 0 Å². The molecule has 0 aliphatic carbocycles. The first-order chi connectivity index (χ1) is 8.66. The Kier molecular flexibility index (Phi) is 5.56. The number of ether oxygens (including phenoxy) is 1. The van der Waals surface area contributed by atoms with Gasteiger partial charge in [0.05, 0.1) is 23.6 Å². The topological polar surface area (TPSA) is 28.6 Å². The molecule has 1 aromatic heterocycles. The van der Waals surface area contributed by atoms with Gasteiger partial charge in [0, 0.05) is 32.2 Å². The van der Waals surface area contributed by atoms with Crippen LogP contribution in [-0.4, -0.2) is 60.7 Å². The lowest BCUT2D eigenvalue weighted by Gasteiger charge is -2.32. The third-order valence-corrected chi connectivity index (χ3v) is 5.13. The van der Waals surface area contributed by atoms with Crippen molar-refractivity contribution in [1.29, 1.82) is 0 Å². The third kappa shape index (κ3) is 3.99. The first-order valence-electron chi connectivity index (χ1n) is 6.25. The maximum Gasteiger partial charge on any atom is 0.121 e. The second-order valence-corrected chi connectivity index (χ2v) is 6.43. The summed E-state index contributed by atoms with van der Waals surface area (Å²) in [4.78, 5) is 10.4. The normalized spacial score (nSPS) is 19.3. The summed E-state index contributed by atoms with van der Waals surface area (Å²) in [5.41, 5.74) is 1.89. The lowest BCUT2D eigenvalue weighted by molar-refractivity contribution is 0.0263. The van der Waals surface area contributed by atoms with Crippen LogP contribution >= 0.6 is 27.3 Å². The summed E-state index contributed by atoms with van der Waals surface area (Å²) in [6.45, 7) is 8.20. The zero-order valence-corrected chi connectivity index (χ0v) is 13.3. The van der Waals surface area contributed by atoms with Crippen molar-refractivity contribution in [3.63, 3.8) is 0 Å². The SMILES string of the molecule is CC(CN1CCOCC1)N(C)Cc1scnc1Br. The molecule has 1 aliphatic rings. The van der Waals surface area contributed by atoms with E-state index in [1.807, 2.05) is 5.51 Å². The van der Waals surface area contributed by atoms with Crippen molar-refractivity contribution in [2.45, 2.75) is 19.5 Å². The fourth-order valence-corrected chi connectivity index (χ4v) is 3.40. The average Bonchev–Trinajstić information content (AvgIpc) is 2.76. The van der Waals surface area contributed by atoms with Gasteiger partial charge in [-0.15, -0.1) is 11.3 Å². The highest BCUT2D eigenvalue weighted by Crippen LogP contribution is 2.21. The van der Waals surface area contributed by atoms with Gasteiger partial charge in [0.25, 0.3) is 0 Å². The minimum absolute atomic E-state index is 0.539. The Labute approximate surface area is 121 Å². The number of nitrogens with zero attached hydrogens (tertiary/aromatic N) is 3. The van der Waals surface area contributed by atoms with E-state index in [1.165, 1.54) is 4.88 Å². The maximum absolute atomic E-state index is 5.37. The van der Waals surface area contributed by atoms with Crippen molar-refractivity contribution in [1.82, 2.24) is 14.8 Å². The van der Waals surface area contributed by atoms with Gasteiger partial charge < -0.3 is 4.74 Å². The number of halogens is 1. The van der Waals surface area contributed by atoms with E-state index < -0.39 is 0 Å². The molecule has 0 amide bonds. The molecule has 1 atom stereocenters. The Morgan fingerprint density at radius 3 is 2.89 bits per heavy atom. The summed E-state index contributed by atoms with van der Waals surface area (Å²) >= 11 is 5.20. The van der Waals surface area contributed by atoms with Crippen LogP contribution < -0.4 is 0 Å². The number of morpholine rings is 1. The zero-order valence-electron chi connectivity index (χ0n) is 10.9. The molecule has 1 aliphatic heterocycles. The molecule has 0 bridgehead atoms. The van der Waals surface area contributed by atoms with Crippen LogP contribution in [0.5, 0.6) is 0 Å². The maximum atomic E-state index is 5.37. The summed E-state index contributed by atoms with van der Waals surface area (Å²) in [5.74, 6) is 0. The summed E-state index contributed by atoms with van der Waals surface area (Å²) in [6, 6.07) is 0.539. The van der Waals surface area contributed by atoms with Crippen LogP contribution in [0.4, 0.5) is 0 Å². The van der Waals surface area contributed by atoms with Crippen molar-refractivity contribution in [3.05, 3.63) is 15.0 Å². The van der Waals surface area contributed by atoms with Gasteiger partial charge in [0.1, 0.15) is 4.60 Å². The average molecular weight is 334 g/mol. The molecule has 0 saturated carbocycles. The molecule has 0 aromatic carbocycles.